The number of methoxy groups -OCH3 is 3. The lowest BCUT2D eigenvalue weighted by atomic mass is 10.1. The summed E-state index contributed by atoms with van der Waals surface area (Å²) in [5.41, 5.74) is 5.59. The highest BCUT2D eigenvalue weighted by atomic mass is 16.5. The lowest BCUT2D eigenvalue weighted by Gasteiger charge is -2.13. The van der Waals surface area contributed by atoms with Gasteiger partial charge in [-0.05, 0) is 39.0 Å². The standard InChI is InChI=1S/C21H24N4O5/c1-12-7-16(14(3)25(12)19-8-13(2)30-24-19)11-22-23-21(26)15-9-17(27-4)20(29-6)18(10-15)28-5/h7-11H,1-6H3,(H,23,26)/b22-11-. The first-order valence-electron chi connectivity index (χ1n) is 9.15. The molecule has 2 heterocycles. The van der Waals surface area contributed by atoms with Gasteiger partial charge in [0, 0.05) is 28.6 Å². The van der Waals surface area contributed by atoms with Crippen LogP contribution in [-0.4, -0.2) is 43.2 Å². The van der Waals surface area contributed by atoms with Crippen LogP contribution in [0.4, 0.5) is 0 Å². The third-order valence-corrected chi connectivity index (χ3v) is 4.61. The molecule has 0 unspecified atom stereocenters. The molecule has 0 aliphatic heterocycles. The number of hydrazone groups is 1. The smallest absolute Gasteiger partial charge is 0.271 e. The Kier molecular flexibility index (Phi) is 6.10. The Labute approximate surface area is 174 Å². The molecule has 30 heavy (non-hydrogen) atoms. The fourth-order valence-corrected chi connectivity index (χ4v) is 3.17. The number of ether oxygens (including phenoxy) is 3. The second-order valence-corrected chi connectivity index (χ2v) is 6.57. The summed E-state index contributed by atoms with van der Waals surface area (Å²) in [5, 5.41) is 8.15. The topological polar surface area (TPSA) is 100 Å². The van der Waals surface area contributed by atoms with Gasteiger partial charge < -0.3 is 18.7 Å². The van der Waals surface area contributed by atoms with E-state index < -0.39 is 5.91 Å². The van der Waals surface area contributed by atoms with Crippen molar-refractivity contribution in [1.82, 2.24) is 15.1 Å². The minimum atomic E-state index is -0.411. The van der Waals surface area contributed by atoms with E-state index in [-0.39, 0.29) is 0 Å². The van der Waals surface area contributed by atoms with E-state index in [0.717, 1.165) is 22.7 Å². The molecule has 0 saturated heterocycles. The number of hydrogen-bond donors (Lipinski definition) is 1. The lowest BCUT2D eigenvalue weighted by molar-refractivity contribution is 0.0954. The Balaban J connectivity index is 1.80. The molecule has 0 bridgehead atoms. The fourth-order valence-electron chi connectivity index (χ4n) is 3.17. The van der Waals surface area contributed by atoms with Crippen LogP contribution in [0.5, 0.6) is 17.2 Å². The predicted octanol–water partition coefficient (Wildman–Crippen LogP) is 3.18. The molecule has 0 radical (unpaired) electrons. The summed E-state index contributed by atoms with van der Waals surface area (Å²) >= 11 is 0. The quantitative estimate of drug-likeness (QED) is 0.473. The summed E-state index contributed by atoms with van der Waals surface area (Å²) < 4.78 is 22.9. The Morgan fingerprint density at radius 3 is 2.27 bits per heavy atom. The molecular weight excluding hydrogens is 388 g/mol. The summed E-state index contributed by atoms with van der Waals surface area (Å²) in [7, 11) is 4.48. The molecule has 158 valence electrons. The maximum atomic E-state index is 12.5. The molecule has 0 spiro atoms. The van der Waals surface area contributed by atoms with Crippen LogP contribution in [0.15, 0.2) is 33.9 Å². The molecule has 0 atom stereocenters. The number of rotatable bonds is 7. The van der Waals surface area contributed by atoms with Gasteiger partial charge in [-0.2, -0.15) is 5.10 Å². The summed E-state index contributed by atoms with van der Waals surface area (Å²) in [6, 6.07) is 6.93. The molecule has 0 aliphatic rings. The Morgan fingerprint density at radius 2 is 1.73 bits per heavy atom. The molecule has 0 fully saturated rings. The highest BCUT2D eigenvalue weighted by Gasteiger charge is 2.17. The largest absolute Gasteiger partial charge is 0.493 e. The first-order chi connectivity index (χ1) is 14.4. The summed E-state index contributed by atoms with van der Waals surface area (Å²) in [6.07, 6.45) is 1.58. The maximum Gasteiger partial charge on any atom is 0.271 e. The number of carbonyl (C=O) groups is 1. The monoisotopic (exact) mass is 412 g/mol. The van der Waals surface area contributed by atoms with Gasteiger partial charge in [-0.25, -0.2) is 5.43 Å². The molecule has 3 aromatic rings. The van der Waals surface area contributed by atoms with Gasteiger partial charge >= 0.3 is 0 Å². The van der Waals surface area contributed by atoms with Crippen molar-refractivity contribution in [2.24, 2.45) is 5.10 Å². The highest BCUT2D eigenvalue weighted by Crippen LogP contribution is 2.38. The van der Waals surface area contributed by atoms with Crippen LogP contribution < -0.4 is 19.6 Å². The summed E-state index contributed by atoms with van der Waals surface area (Å²) in [4.78, 5) is 12.5. The van der Waals surface area contributed by atoms with Crippen LogP contribution in [0.25, 0.3) is 5.82 Å². The van der Waals surface area contributed by atoms with Crippen molar-refractivity contribution in [2.45, 2.75) is 20.8 Å². The van der Waals surface area contributed by atoms with Crippen molar-refractivity contribution < 1.29 is 23.5 Å². The summed E-state index contributed by atoms with van der Waals surface area (Å²) in [5.74, 6) is 2.20. The molecule has 0 aliphatic carbocycles. The number of hydrogen-bond acceptors (Lipinski definition) is 7. The van der Waals surface area contributed by atoms with Gasteiger partial charge in [-0.3, -0.25) is 9.36 Å². The van der Waals surface area contributed by atoms with Crippen molar-refractivity contribution >= 4 is 12.1 Å². The minimum absolute atomic E-state index is 0.324. The number of benzene rings is 1. The third-order valence-electron chi connectivity index (χ3n) is 4.61. The number of nitrogens with one attached hydrogen (secondary N) is 1. The second-order valence-electron chi connectivity index (χ2n) is 6.57. The van der Waals surface area contributed by atoms with Gasteiger partial charge in [0.05, 0.1) is 27.5 Å². The van der Waals surface area contributed by atoms with Gasteiger partial charge in [-0.15, -0.1) is 0 Å². The molecule has 1 aromatic carbocycles. The van der Waals surface area contributed by atoms with Gasteiger partial charge in [0.1, 0.15) is 5.76 Å². The number of amides is 1. The van der Waals surface area contributed by atoms with E-state index in [2.05, 4.69) is 15.7 Å². The van der Waals surface area contributed by atoms with Crippen molar-refractivity contribution in [3.63, 3.8) is 0 Å². The molecule has 2 aromatic heterocycles. The van der Waals surface area contributed by atoms with Crippen LogP contribution in [0, 0.1) is 20.8 Å². The van der Waals surface area contributed by atoms with Crippen molar-refractivity contribution in [3.8, 4) is 23.1 Å². The lowest BCUT2D eigenvalue weighted by Crippen LogP contribution is -2.18. The van der Waals surface area contributed by atoms with E-state index in [0.29, 0.717) is 28.6 Å². The van der Waals surface area contributed by atoms with Crippen molar-refractivity contribution in [3.05, 3.63) is 52.5 Å². The number of carbonyl (C=O) groups excluding carboxylic acids is 1. The zero-order valence-corrected chi connectivity index (χ0v) is 17.8. The van der Waals surface area contributed by atoms with Crippen LogP contribution in [-0.2, 0) is 0 Å². The molecule has 1 amide bonds. The SMILES string of the molecule is COc1cc(C(=O)N/N=C\c2cc(C)n(-c3cc(C)on3)c2C)cc(OC)c1OC. The van der Waals surface area contributed by atoms with Gasteiger partial charge in [0.15, 0.2) is 17.3 Å². The Bertz CT molecular complexity index is 1070. The summed E-state index contributed by atoms with van der Waals surface area (Å²) in [6.45, 7) is 5.74. The average Bonchev–Trinajstić information content (AvgIpc) is 3.28. The zero-order chi connectivity index (χ0) is 21.8. The van der Waals surface area contributed by atoms with Crippen LogP contribution in [0.2, 0.25) is 0 Å². The number of aryl methyl sites for hydroxylation is 2. The van der Waals surface area contributed by atoms with Gasteiger partial charge in [0.25, 0.3) is 5.91 Å². The number of aromatic nitrogens is 2. The predicted molar refractivity (Wildman–Crippen MR) is 111 cm³/mol. The third kappa shape index (κ3) is 4.00. The minimum Gasteiger partial charge on any atom is -0.493 e. The molecule has 3 rings (SSSR count). The first kappa shape index (κ1) is 21.0. The maximum absolute atomic E-state index is 12.5. The fraction of sp³-hybridized carbons (Fsp3) is 0.286. The van der Waals surface area contributed by atoms with Crippen LogP contribution in [0.3, 0.4) is 0 Å². The van der Waals surface area contributed by atoms with E-state index >= 15 is 0 Å². The molecule has 1 N–H and O–H groups in total. The second kappa shape index (κ2) is 8.73. The Hall–Kier alpha value is -3.75. The average molecular weight is 412 g/mol. The van der Waals surface area contributed by atoms with E-state index in [4.69, 9.17) is 18.7 Å². The van der Waals surface area contributed by atoms with Crippen LogP contribution in [0.1, 0.15) is 33.1 Å². The van der Waals surface area contributed by atoms with Crippen molar-refractivity contribution in [1.29, 1.82) is 0 Å². The van der Waals surface area contributed by atoms with E-state index in [1.807, 2.05) is 37.5 Å². The molecule has 0 saturated carbocycles. The van der Waals surface area contributed by atoms with E-state index in [9.17, 15) is 4.79 Å². The molecule has 9 heteroatoms. The molecule has 9 nitrogen and oxygen atoms in total. The van der Waals surface area contributed by atoms with Gasteiger partial charge in [-0.1, -0.05) is 5.16 Å². The van der Waals surface area contributed by atoms with Crippen LogP contribution >= 0.6 is 0 Å². The molecular formula is C21H24N4O5. The number of nitrogens with zero attached hydrogens (tertiary/aromatic N) is 3. The van der Waals surface area contributed by atoms with Gasteiger partial charge in [0.2, 0.25) is 5.75 Å². The highest BCUT2D eigenvalue weighted by molar-refractivity contribution is 5.96. The Morgan fingerprint density at radius 1 is 1.07 bits per heavy atom. The normalized spacial score (nSPS) is 11.0. The van der Waals surface area contributed by atoms with E-state index in [1.54, 1.807) is 18.3 Å². The van der Waals surface area contributed by atoms with E-state index in [1.165, 1.54) is 21.3 Å². The zero-order valence-electron chi connectivity index (χ0n) is 17.8. The van der Waals surface area contributed by atoms with Crippen molar-refractivity contribution in [2.75, 3.05) is 21.3 Å². The first-order valence-corrected chi connectivity index (χ1v) is 9.15.